The van der Waals surface area contributed by atoms with Gasteiger partial charge in [0.1, 0.15) is 11.5 Å². The second-order valence-electron chi connectivity index (χ2n) is 7.00. The van der Waals surface area contributed by atoms with Gasteiger partial charge in [0.15, 0.2) is 18.3 Å². The van der Waals surface area contributed by atoms with Crippen LogP contribution in [-0.4, -0.2) is 49.5 Å². The fourth-order valence-electron chi connectivity index (χ4n) is 2.67. The maximum atomic E-state index is 12.2. The summed E-state index contributed by atoms with van der Waals surface area (Å²) in [5, 5.41) is 2.82. The third kappa shape index (κ3) is 6.33. The van der Waals surface area contributed by atoms with Crippen molar-refractivity contribution < 1.29 is 23.5 Å². The number of likely N-dealkylation sites (N-methyl/N-ethyl adjacent to an activating group) is 1. The van der Waals surface area contributed by atoms with Crippen LogP contribution < -0.4 is 14.8 Å². The molecule has 0 aliphatic carbocycles. The molecule has 0 unspecified atom stereocenters. The number of hydrogen-bond donors (Lipinski definition) is 1. The maximum Gasteiger partial charge on any atom is 0.259 e. The number of nitrogens with zero attached hydrogens (tertiary/aromatic N) is 2. The lowest BCUT2D eigenvalue weighted by Gasteiger charge is -2.11. The zero-order chi connectivity index (χ0) is 22.2. The Morgan fingerprint density at radius 3 is 2.35 bits per heavy atom. The topological polar surface area (TPSA) is 93.9 Å². The van der Waals surface area contributed by atoms with Gasteiger partial charge in [0, 0.05) is 38.2 Å². The van der Waals surface area contributed by atoms with Crippen LogP contribution in [0.4, 0.5) is 5.69 Å². The minimum atomic E-state index is -0.152. The van der Waals surface area contributed by atoms with Crippen molar-refractivity contribution in [2.24, 2.45) is 0 Å². The van der Waals surface area contributed by atoms with E-state index in [0.29, 0.717) is 29.5 Å². The highest BCUT2D eigenvalue weighted by Crippen LogP contribution is 2.23. The van der Waals surface area contributed by atoms with Crippen LogP contribution in [0.1, 0.15) is 12.3 Å². The lowest BCUT2D eigenvalue weighted by molar-refractivity contribution is -0.130. The first-order valence-corrected chi connectivity index (χ1v) is 9.76. The first kappa shape index (κ1) is 21.9. The summed E-state index contributed by atoms with van der Waals surface area (Å²) in [5.41, 5.74) is 1.53. The van der Waals surface area contributed by atoms with E-state index in [1.807, 2.05) is 24.3 Å². The number of methoxy groups -OCH3 is 1. The number of amides is 2. The van der Waals surface area contributed by atoms with E-state index in [2.05, 4.69) is 10.3 Å². The fourth-order valence-corrected chi connectivity index (χ4v) is 2.67. The Kier molecular flexibility index (Phi) is 7.26. The van der Waals surface area contributed by atoms with Crippen LogP contribution in [-0.2, 0) is 16.0 Å². The molecule has 0 fully saturated rings. The molecule has 1 heterocycles. The van der Waals surface area contributed by atoms with Crippen LogP contribution in [0.5, 0.6) is 11.5 Å². The molecular formula is C23H25N3O5. The molecule has 1 N–H and O–H groups in total. The Hall–Kier alpha value is -3.81. The van der Waals surface area contributed by atoms with Crippen LogP contribution in [0.15, 0.2) is 59.1 Å². The summed E-state index contributed by atoms with van der Waals surface area (Å²) in [5.74, 6) is 2.18. The van der Waals surface area contributed by atoms with Crippen molar-refractivity contribution in [2.45, 2.75) is 12.8 Å². The van der Waals surface area contributed by atoms with Crippen molar-refractivity contribution in [3.05, 3.63) is 60.6 Å². The molecule has 31 heavy (non-hydrogen) atoms. The zero-order valence-corrected chi connectivity index (χ0v) is 17.8. The fraction of sp³-hybridized carbons (Fsp3) is 0.261. The van der Waals surface area contributed by atoms with E-state index < -0.39 is 0 Å². The first-order chi connectivity index (χ1) is 14.9. The van der Waals surface area contributed by atoms with Crippen LogP contribution in [0.2, 0.25) is 0 Å². The Labute approximate surface area is 180 Å². The molecule has 0 saturated heterocycles. The summed E-state index contributed by atoms with van der Waals surface area (Å²) in [6.45, 7) is -0.0344. The van der Waals surface area contributed by atoms with E-state index in [9.17, 15) is 9.59 Å². The lowest BCUT2D eigenvalue weighted by atomic mass is 10.2. The molecular weight excluding hydrogens is 398 g/mol. The second kappa shape index (κ2) is 10.3. The predicted octanol–water partition coefficient (Wildman–Crippen LogP) is 3.39. The minimum absolute atomic E-state index is 0.0344. The summed E-state index contributed by atoms with van der Waals surface area (Å²) < 4.78 is 16.3. The molecule has 0 atom stereocenters. The molecule has 0 spiro atoms. The molecule has 1 aromatic heterocycles. The highest BCUT2D eigenvalue weighted by molar-refractivity contribution is 5.90. The molecule has 3 aromatic rings. The highest BCUT2D eigenvalue weighted by atomic mass is 16.5. The average molecular weight is 423 g/mol. The summed E-state index contributed by atoms with van der Waals surface area (Å²) in [4.78, 5) is 29.5. The van der Waals surface area contributed by atoms with E-state index in [4.69, 9.17) is 13.9 Å². The van der Waals surface area contributed by atoms with Crippen LogP contribution in [0.25, 0.3) is 11.3 Å². The van der Waals surface area contributed by atoms with Gasteiger partial charge in [-0.2, -0.15) is 0 Å². The number of rotatable bonds is 9. The summed E-state index contributed by atoms with van der Waals surface area (Å²) in [7, 11) is 4.95. The largest absolute Gasteiger partial charge is 0.497 e. The second-order valence-corrected chi connectivity index (χ2v) is 7.00. The van der Waals surface area contributed by atoms with Crippen molar-refractivity contribution >= 4 is 17.5 Å². The van der Waals surface area contributed by atoms with E-state index in [-0.39, 0.29) is 24.8 Å². The first-order valence-electron chi connectivity index (χ1n) is 9.76. The van der Waals surface area contributed by atoms with Crippen molar-refractivity contribution in [1.82, 2.24) is 9.88 Å². The van der Waals surface area contributed by atoms with Crippen LogP contribution in [0.3, 0.4) is 0 Å². The number of hydrogen-bond acceptors (Lipinski definition) is 6. The van der Waals surface area contributed by atoms with Gasteiger partial charge < -0.3 is 24.1 Å². The smallest absolute Gasteiger partial charge is 0.259 e. The van der Waals surface area contributed by atoms with Crippen molar-refractivity contribution in [3.63, 3.8) is 0 Å². The van der Waals surface area contributed by atoms with E-state index in [1.54, 1.807) is 51.7 Å². The van der Waals surface area contributed by atoms with Gasteiger partial charge in [-0.15, -0.1) is 0 Å². The molecule has 3 rings (SSSR count). The van der Waals surface area contributed by atoms with Gasteiger partial charge in [-0.3, -0.25) is 9.59 Å². The normalized spacial score (nSPS) is 10.4. The molecule has 2 amide bonds. The molecule has 0 radical (unpaired) electrons. The number of benzene rings is 2. The SMILES string of the molecule is COc1ccc(-c2cnc(CCC(=O)Nc3ccc(OCC(=O)N(C)C)cc3)o2)cc1. The number of oxazole rings is 1. The van der Waals surface area contributed by atoms with E-state index in [0.717, 1.165) is 11.3 Å². The predicted molar refractivity (Wildman–Crippen MR) is 116 cm³/mol. The Balaban J connectivity index is 1.47. The quantitative estimate of drug-likeness (QED) is 0.567. The van der Waals surface area contributed by atoms with Gasteiger partial charge >= 0.3 is 0 Å². The third-order valence-electron chi connectivity index (χ3n) is 4.49. The van der Waals surface area contributed by atoms with Crippen molar-refractivity contribution in [3.8, 4) is 22.8 Å². The molecule has 0 aliphatic heterocycles. The average Bonchev–Trinajstić information content (AvgIpc) is 3.26. The third-order valence-corrected chi connectivity index (χ3v) is 4.49. The Morgan fingerprint density at radius 1 is 1.03 bits per heavy atom. The number of aryl methyl sites for hydroxylation is 1. The highest BCUT2D eigenvalue weighted by Gasteiger charge is 2.10. The minimum Gasteiger partial charge on any atom is -0.497 e. The molecule has 0 aliphatic rings. The number of ether oxygens (including phenoxy) is 2. The lowest BCUT2D eigenvalue weighted by Crippen LogP contribution is -2.27. The van der Waals surface area contributed by atoms with Crippen LogP contribution >= 0.6 is 0 Å². The number of aromatic nitrogens is 1. The van der Waals surface area contributed by atoms with Crippen molar-refractivity contribution in [2.75, 3.05) is 33.1 Å². The number of anilines is 1. The molecule has 162 valence electrons. The number of nitrogens with one attached hydrogen (secondary N) is 1. The van der Waals surface area contributed by atoms with Gasteiger partial charge in [-0.05, 0) is 48.5 Å². The van der Waals surface area contributed by atoms with Gasteiger partial charge in [-0.25, -0.2) is 4.98 Å². The monoisotopic (exact) mass is 423 g/mol. The zero-order valence-electron chi connectivity index (χ0n) is 17.8. The van der Waals surface area contributed by atoms with Gasteiger partial charge in [-0.1, -0.05) is 0 Å². The number of carbonyl (C=O) groups excluding carboxylic acids is 2. The summed E-state index contributed by atoms with van der Waals surface area (Å²) >= 11 is 0. The molecule has 8 heteroatoms. The maximum absolute atomic E-state index is 12.2. The van der Waals surface area contributed by atoms with Gasteiger partial charge in [0.05, 0.1) is 13.3 Å². The molecule has 8 nitrogen and oxygen atoms in total. The van der Waals surface area contributed by atoms with Crippen LogP contribution in [0, 0.1) is 0 Å². The number of carbonyl (C=O) groups is 2. The molecule has 2 aromatic carbocycles. The molecule has 0 saturated carbocycles. The molecule has 0 bridgehead atoms. The van der Waals surface area contributed by atoms with Gasteiger partial charge in [0.2, 0.25) is 5.91 Å². The van der Waals surface area contributed by atoms with Gasteiger partial charge in [0.25, 0.3) is 5.91 Å². The van der Waals surface area contributed by atoms with Crippen molar-refractivity contribution in [1.29, 1.82) is 0 Å². The Bertz CT molecular complexity index is 1010. The van der Waals surface area contributed by atoms with E-state index >= 15 is 0 Å². The standard InChI is InChI=1S/C23H25N3O5/c1-26(2)23(28)15-30-19-10-6-17(7-11-19)25-21(27)12-13-22-24-14-20(31-22)16-4-8-18(29-3)9-5-16/h4-11,14H,12-13,15H2,1-3H3,(H,25,27). The summed E-state index contributed by atoms with van der Waals surface area (Å²) in [6, 6.07) is 14.3. The van der Waals surface area contributed by atoms with E-state index in [1.165, 1.54) is 4.90 Å². The Morgan fingerprint density at radius 2 is 1.71 bits per heavy atom. The summed E-state index contributed by atoms with van der Waals surface area (Å²) in [6.07, 6.45) is 2.27.